The molecule has 2 heterocycles. The van der Waals surface area contributed by atoms with Crippen LogP contribution >= 0.6 is 22.9 Å². The van der Waals surface area contributed by atoms with Crippen molar-refractivity contribution in [3.63, 3.8) is 0 Å². The number of unbranched alkanes of at least 4 members (excludes halogenated alkanes) is 2. The lowest BCUT2D eigenvalue weighted by atomic mass is 10.3. The first kappa shape index (κ1) is 13.2. The molecule has 6 heteroatoms. The van der Waals surface area contributed by atoms with Gasteiger partial charge in [0.1, 0.15) is 5.69 Å². The Morgan fingerprint density at radius 1 is 1.44 bits per heavy atom. The Balaban J connectivity index is 2.01. The SMILES string of the molecule is CCCCCOC(=O)c1snnc1-c1cccs1. The smallest absolute Gasteiger partial charge is 0.352 e. The average molecular weight is 282 g/mol. The number of carbonyl (C=O) groups is 1. The molecule has 0 bridgehead atoms. The van der Waals surface area contributed by atoms with Gasteiger partial charge in [-0.1, -0.05) is 30.3 Å². The highest BCUT2D eigenvalue weighted by molar-refractivity contribution is 7.14. The van der Waals surface area contributed by atoms with Gasteiger partial charge in [0.2, 0.25) is 0 Å². The summed E-state index contributed by atoms with van der Waals surface area (Å²) >= 11 is 2.63. The lowest BCUT2D eigenvalue weighted by molar-refractivity contribution is 0.0504. The van der Waals surface area contributed by atoms with Gasteiger partial charge in [0.25, 0.3) is 0 Å². The quantitative estimate of drug-likeness (QED) is 0.600. The van der Waals surface area contributed by atoms with Crippen LogP contribution in [0.4, 0.5) is 0 Å². The third-order valence-electron chi connectivity index (χ3n) is 2.41. The zero-order valence-electron chi connectivity index (χ0n) is 10.1. The Hall–Kier alpha value is -1.27. The highest BCUT2D eigenvalue weighted by Crippen LogP contribution is 2.28. The number of nitrogens with zero attached hydrogens (tertiary/aromatic N) is 2. The Morgan fingerprint density at radius 2 is 2.33 bits per heavy atom. The second-order valence-electron chi connectivity index (χ2n) is 3.77. The number of hydrogen-bond donors (Lipinski definition) is 0. The molecule has 0 aliphatic carbocycles. The van der Waals surface area contributed by atoms with Crippen molar-refractivity contribution in [3.8, 4) is 10.6 Å². The van der Waals surface area contributed by atoms with E-state index in [1.807, 2.05) is 17.5 Å². The molecule has 2 aromatic heterocycles. The van der Waals surface area contributed by atoms with Gasteiger partial charge >= 0.3 is 5.97 Å². The lowest BCUT2D eigenvalue weighted by Gasteiger charge is -2.02. The fourth-order valence-corrected chi connectivity index (χ4v) is 2.84. The fourth-order valence-electron chi connectivity index (χ4n) is 1.48. The number of hydrogen-bond acceptors (Lipinski definition) is 6. The van der Waals surface area contributed by atoms with Gasteiger partial charge in [-0.25, -0.2) is 4.79 Å². The minimum atomic E-state index is -0.315. The molecule has 0 fully saturated rings. The van der Waals surface area contributed by atoms with Crippen LogP contribution in [0.2, 0.25) is 0 Å². The van der Waals surface area contributed by atoms with E-state index in [1.165, 1.54) is 0 Å². The van der Waals surface area contributed by atoms with Gasteiger partial charge in [0.05, 0.1) is 11.5 Å². The van der Waals surface area contributed by atoms with Gasteiger partial charge in [0, 0.05) is 0 Å². The van der Waals surface area contributed by atoms with E-state index in [4.69, 9.17) is 4.74 Å². The average Bonchev–Trinajstić information content (AvgIpc) is 3.02. The molecule has 0 unspecified atom stereocenters. The molecule has 18 heavy (non-hydrogen) atoms. The molecule has 2 aromatic rings. The Kier molecular flexibility index (Phi) is 4.83. The highest BCUT2D eigenvalue weighted by atomic mass is 32.1. The summed E-state index contributed by atoms with van der Waals surface area (Å²) < 4.78 is 9.06. The number of rotatable bonds is 6. The van der Waals surface area contributed by atoms with Crippen molar-refractivity contribution >= 4 is 28.8 Å². The van der Waals surface area contributed by atoms with E-state index < -0.39 is 0 Å². The first-order valence-electron chi connectivity index (χ1n) is 5.86. The van der Waals surface area contributed by atoms with Crippen LogP contribution in [0.1, 0.15) is 35.9 Å². The molecular formula is C12H14N2O2S2. The minimum Gasteiger partial charge on any atom is -0.461 e. The summed E-state index contributed by atoms with van der Waals surface area (Å²) in [6.45, 7) is 2.58. The molecule has 96 valence electrons. The van der Waals surface area contributed by atoms with E-state index in [0.29, 0.717) is 17.2 Å². The molecule has 2 rings (SSSR count). The largest absolute Gasteiger partial charge is 0.461 e. The number of aromatic nitrogens is 2. The monoisotopic (exact) mass is 282 g/mol. The molecule has 0 saturated heterocycles. The fraction of sp³-hybridized carbons (Fsp3) is 0.417. The van der Waals surface area contributed by atoms with Gasteiger partial charge < -0.3 is 4.74 Å². The van der Waals surface area contributed by atoms with Crippen molar-refractivity contribution in [3.05, 3.63) is 22.4 Å². The molecule has 0 aromatic carbocycles. The summed E-state index contributed by atoms with van der Waals surface area (Å²) in [4.78, 5) is 13.3. The maximum atomic E-state index is 11.9. The number of thiophene rings is 1. The van der Waals surface area contributed by atoms with Crippen LogP contribution in [0.25, 0.3) is 10.6 Å². The molecule has 0 saturated carbocycles. The third kappa shape index (κ3) is 3.14. The number of esters is 1. The molecule has 0 aliphatic rings. The summed E-state index contributed by atoms with van der Waals surface area (Å²) in [6.07, 6.45) is 3.09. The first-order chi connectivity index (χ1) is 8.83. The van der Waals surface area contributed by atoms with Crippen LogP contribution < -0.4 is 0 Å². The molecule has 0 spiro atoms. The maximum Gasteiger partial charge on any atom is 0.352 e. The van der Waals surface area contributed by atoms with E-state index in [-0.39, 0.29) is 5.97 Å². The molecule has 0 N–H and O–H groups in total. The predicted octanol–water partition coefficient (Wildman–Crippen LogP) is 3.61. The molecule has 0 aliphatic heterocycles. The second-order valence-corrected chi connectivity index (χ2v) is 5.47. The van der Waals surface area contributed by atoms with Crippen LogP contribution in [-0.2, 0) is 4.74 Å². The van der Waals surface area contributed by atoms with Crippen LogP contribution in [-0.4, -0.2) is 22.2 Å². The lowest BCUT2D eigenvalue weighted by Crippen LogP contribution is -2.05. The summed E-state index contributed by atoms with van der Waals surface area (Å²) in [5.41, 5.74) is 0.635. The van der Waals surface area contributed by atoms with Crippen LogP contribution in [0, 0.1) is 0 Å². The molecule has 0 atom stereocenters. The zero-order chi connectivity index (χ0) is 12.8. The first-order valence-corrected chi connectivity index (χ1v) is 7.51. The topological polar surface area (TPSA) is 52.1 Å². The molecule has 0 amide bonds. The zero-order valence-corrected chi connectivity index (χ0v) is 11.7. The van der Waals surface area contributed by atoms with Crippen molar-refractivity contribution in [1.29, 1.82) is 0 Å². The van der Waals surface area contributed by atoms with Crippen molar-refractivity contribution in [2.24, 2.45) is 0 Å². The normalized spacial score (nSPS) is 10.5. The Morgan fingerprint density at radius 3 is 3.06 bits per heavy atom. The van der Waals surface area contributed by atoms with Crippen LogP contribution in [0.5, 0.6) is 0 Å². The third-order valence-corrected chi connectivity index (χ3v) is 3.99. The molecule has 4 nitrogen and oxygen atoms in total. The second kappa shape index (κ2) is 6.61. The Bertz CT molecular complexity index is 494. The Labute approximate surface area is 114 Å². The highest BCUT2D eigenvalue weighted by Gasteiger charge is 2.19. The molecule has 0 radical (unpaired) electrons. The van der Waals surface area contributed by atoms with E-state index in [2.05, 4.69) is 16.5 Å². The van der Waals surface area contributed by atoms with Crippen molar-refractivity contribution in [2.45, 2.75) is 26.2 Å². The number of ether oxygens (including phenoxy) is 1. The summed E-state index contributed by atoms with van der Waals surface area (Å²) in [7, 11) is 0. The number of carbonyl (C=O) groups excluding carboxylic acids is 1. The van der Waals surface area contributed by atoms with Gasteiger partial charge in [-0.2, -0.15) is 0 Å². The summed E-state index contributed by atoms with van der Waals surface area (Å²) in [5, 5.41) is 5.95. The van der Waals surface area contributed by atoms with Crippen LogP contribution in [0.3, 0.4) is 0 Å². The maximum absolute atomic E-state index is 11.9. The van der Waals surface area contributed by atoms with Gasteiger partial charge in [-0.3, -0.25) is 0 Å². The predicted molar refractivity (Wildman–Crippen MR) is 73.0 cm³/mol. The molecular weight excluding hydrogens is 268 g/mol. The van der Waals surface area contributed by atoms with E-state index in [9.17, 15) is 4.79 Å². The van der Waals surface area contributed by atoms with E-state index in [1.54, 1.807) is 11.3 Å². The van der Waals surface area contributed by atoms with Crippen LogP contribution in [0.15, 0.2) is 17.5 Å². The van der Waals surface area contributed by atoms with Crippen molar-refractivity contribution in [1.82, 2.24) is 9.59 Å². The van der Waals surface area contributed by atoms with Gasteiger partial charge in [0.15, 0.2) is 4.88 Å². The van der Waals surface area contributed by atoms with Gasteiger partial charge in [-0.15, -0.1) is 16.4 Å². The summed E-state index contributed by atoms with van der Waals surface area (Å²) in [6, 6.07) is 3.85. The summed E-state index contributed by atoms with van der Waals surface area (Å²) in [5.74, 6) is -0.315. The minimum absolute atomic E-state index is 0.315. The van der Waals surface area contributed by atoms with E-state index >= 15 is 0 Å². The van der Waals surface area contributed by atoms with Gasteiger partial charge in [-0.05, 0) is 29.4 Å². The van der Waals surface area contributed by atoms with Crippen molar-refractivity contribution in [2.75, 3.05) is 6.61 Å². The van der Waals surface area contributed by atoms with Crippen molar-refractivity contribution < 1.29 is 9.53 Å². The van der Waals surface area contributed by atoms with E-state index in [0.717, 1.165) is 35.7 Å². The standard InChI is InChI=1S/C12H14N2O2S2/c1-2-3-4-7-16-12(15)11-10(13-14-18-11)9-6-5-8-17-9/h5-6,8H,2-4,7H2,1H3.